The average Bonchev–Trinajstić information content (AvgIpc) is 4.04. The van der Waals surface area contributed by atoms with E-state index in [-0.39, 0.29) is 48.7 Å². The lowest BCUT2D eigenvalue weighted by molar-refractivity contribution is -0.124. The maximum atomic E-state index is 13.3. The van der Waals surface area contributed by atoms with Gasteiger partial charge in [-0.1, -0.05) is 30.3 Å². The van der Waals surface area contributed by atoms with Crippen molar-refractivity contribution < 1.29 is 23.9 Å². The van der Waals surface area contributed by atoms with Crippen molar-refractivity contribution in [3.8, 4) is 11.6 Å². The quantitative estimate of drug-likeness (QED) is 0.194. The van der Waals surface area contributed by atoms with Crippen LogP contribution in [-0.2, 0) is 22.8 Å². The minimum absolute atomic E-state index is 0.0361. The van der Waals surface area contributed by atoms with Gasteiger partial charge in [0.2, 0.25) is 17.7 Å². The van der Waals surface area contributed by atoms with Crippen LogP contribution in [0.15, 0.2) is 73.2 Å². The first-order valence-corrected chi connectivity index (χ1v) is 16.3. The van der Waals surface area contributed by atoms with Gasteiger partial charge in [-0.25, -0.2) is 19.7 Å². The molecule has 248 valence electrons. The molecule has 2 atom stereocenters. The number of hydrogen-bond acceptors (Lipinski definition) is 9. The van der Waals surface area contributed by atoms with Crippen molar-refractivity contribution in [3.63, 3.8) is 0 Å². The molecule has 3 fully saturated rings. The first-order chi connectivity index (χ1) is 23.8. The summed E-state index contributed by atoms with van der Waals surface area (Å²) in [5.74, 6) is 1.38. The number of amides is 4. The van der Waals surface area contributed by atoms with Crippen LogP contribution in [-0.4, -0.2) is 60.7 Å². The lowest BCUT2D eigenvalue weighted by Gasteiger charge is -2.17. The van der Waals surface area contributed by atoms with Crippen LogP contribution in [0.5, 0.6) is 11.6 Å². The second kappa shape index (κ2) is 12.3. The Kier molecular flexibility index (Phi) is 7.66. The third kappa shape index (κ3) is 6.39. The predicted molar refractivity (Wildman–Crippen MR) is 178 cm³/mol. The van der Waals surface area contributed by atoms with Gasteiger partial charge in [-0.2, -0.15) is 4.98 Å². The highest BCUT2D eigenvalue weighted by Crippen LogP contribution is 2.46. The Morgan fingerprint density at radius 2 is 1.82 bits per heavy atom. The number of nitrogens with one attached hydrogen (secondary N) is 1. The summed E-state index contributed by atoms with van der Waals surface area (Å²) in [7, 11) is 1.49. The summed E-state index contributed by atoms with van der Waals surface area (Å²) in [4.78, 5) is 59.3. The Bertz CT molecular complexity index is 2100. The van der Waals surface area contributed by atoms with Crippen molar-refractivity contribution in [3.05, 3.63) is 102 Å². The summed E-state index contributed by atoms with van der Waals surface area (Å²) in [5, 5.41) is 2.94. The van der Waals surface area contributed by atoms with Gasteiger partial charge in [0.05, 0.1) is 11.4 Å². The molecule has 0 spiro atoms. The van der Waals surface area contributed by atoms with E-state index in [1.54, 1.807) is 18.3 Å². The molecule has 1 saturated heterocycles. The van der Waals surface area contributed by atoms with Crippen molar-refractivity contribution in [2.45, 2.75) is 51.2 Å². The van der Waals surface area contributed by atoms with Crippen molar-refractivity contribution in [1.29, 1.82) is 0 Å². The molecule has 2 unspecified atom stereocenters. The molecule has 13 heteroatoms. The summed E-state index contributed by atoms with van der Waals surface area (Å²) in [6.07, 6.45) is 8.42. The number of aromatic nitrogens is 5. The standard InChI is InChI=1S/C36H34N8O5/c1-21-10-11-37-33(38-21)27-15-28(27)35(46)41-30-13-26(48-19-22-6-4-3-5-7-22)14-31(40-30)49-20-25-17-43-16-24(23-8-9-23)12-29(34(43)39-25)44-18-32(45)42(2)36(44)47/h3-7,10-14,16-17,23,27-28H,8-9,15,18-20H2,1-2H3,(H,40,41,46). The minimum Gasteiger partial charge on any atom is -0.489 e. The number of likely N-dealkylation sites (N-methyl/N-ethyl adjacent to an activating group) is 1. The van der Waals surface area contributed by atoms with E-state index in [9.17, 15) is 14.4 Å². The highest BCUT2D eigenvalue weighted by molar-refractivity contribution is 6.13. The SMILES string of the molecule is Cc1ccnc(C2CC2C(=O)Nc2cc(OCc3ccccc3)cc(OCc3cn4cc(C5CC5)cc(N5CC(=O)N(C)C5=O)c4n3)n2)n1. The zero-order valence-electron chi connectivity index (χ0n) is 27.1. The van der Waals surface area contributed by atoms with E-state index in [4.69, 9.17) is 14.5 Å². The van der Waals surface area contributed by atoms with Crippen LogP contribution in [0, 0.1) is 12.8 Å². The van der Waals surface area contributed by atoms with Crippen LogP contribution in [0.4, 0.5) is 16.3 Å². The van der Waals surface area contributed by atoms with Crippen LogP contribution in [0.1, 0.15) is 59.4 Å². The number of carbonyl (C=O) groups is 3. The molecule has 49 heavy (non-hydrogen) atoms. The Balaban J connectivity index is 1.03. The normalized spacial score (nSPS) is 18.7. The second-order valence-corrected chi connectivity index (χ2v) is 12.8. The maximum absolute atomic E-state index is 13.3. The van der Waals surface area contributed by atoms with Crippen molar-refractivity contribution in [2.75, 3.05) is 23.8 Å². The Morgan fingerprint density at radius 3 is 2.57 bits per heavy atom. The van der Waals surface area contributed by atoms with Gasteiger partial charge in [0.1, 0.15) is 37.2 Å². The number of carbonyl (C=O) groups excluding carboxylic acids is 3. The number of hydrogen-bond donors (Lipinski definition) is 1. The van der Waals surface area contributed by atoms with Crippen molar-refractivity contribution in [1.82, 2.24) is 29.2 Å². The van der Waals surface area contributed by atoms with Crippen LogP contribution in [0.2, 0.25) is 0 Å². The van der Waals surface area contributed by atoms with Crippen LogP contribution in [0.25, 0.3) is 5.65 Å². The molecule has 3 aliphatic rings. The van der Waals surface area contributed by atoms with Crippen LogP contribution < -0.4 is 19.7 Å². The fraction of sp³-hybridized carbons (Fsp3) is 0.306. The average molecular weight is 659 g/mol. The number of rotatable bonds is 11. The van der Waals surface area contributed by atoms with Gasteiger partial charge < -0.3 is 19.2 Å². The zero-order valence-corrected chi connectivity index (χ0v) is 27.1. The Hall–Kier alpha value is -5.85. The summed E-state index contributed by atoms with van der Waals surface area (Å²) in [5.41, 5.74) is 4.69. The Morgan fingerprint density at radius 1 is 0.980 bits per heavy atom. The van der Waals surface area contributed by atoms with Crippen molar-refractivity contribution in [2.24, 2.45) is 5.92 Å². The fourth-order valence-electron chi connectivity index (χ4n) is 6.07. The summed E-state index contributed by atoms with van der Waals surface area (Å²) < 4.78 is 14.1. The third-order valence-electron chi connectivity index (χ3n) is 9.04. The van der Waals surface area contributed by atoms with Gasteiger partial charge in [0.25, 0.3) is 0 Å². The first kappa shape index (κ1) is 30.5. The summed E-state index contributed by atoms with van der Waals surface area (Å²) >= 11 is 0. The highest BCUT2D eigenvalue weighted by Gasteiger charge is 2.46. The summed E-state index contributed by atoms with van der Waals surface area (Å²) in [6, 6.07) is 16.5. The Labute approximate surface area is 281 Å². The molecule has 0 radical (unpaired) electrons. The molecule has 13 nitrogen and oxygen atoms in total. The van der Waals surface area contributed by atoms with Gasteiger partial charge in [-0.3, -0.25) is 19.4 Å². The molecule has 5 heterocycles. The molecule has 4 aromatic heterocycles. The van der Waals surface area contributed by atoms with E-state index in [0.29, 0.717) is 53.4 Å². The molecule has 5 aromatic rings. The third-order valence-corrected chi connectivity index (χ3v) is 9.04. The predicted octanol–water partition coefficient (Wildman–Crippen LogP) is 5.00. The number of pyridine rings is 2. The molecular weight excluding hydrogens is 624 g/mol. The molecular formula is C36H34N8O5. The second-order valence-electron chi connectivity index (χ2n) is 12.8. The topological polar surface area (TPSA) is 144 Å². The highest BCUT2D eigenvalue weighted by atomic mass is 16.5. The van der Waals surface area contributed by atoms with Gasteiger partial charge in [-0.15, -0.1) is 0 Å². The lowest BCUT2D eigenvalue weighted by Crippen LogP contribution is -2.30. The number of ether oxygens (including phenoxy) is 2. The van der Waals surface area contributed by atoms with Crippen molar-refractivity contribution >= 4 is 35.0 Å². The smallest absolute Gasteiger partial charge is 0.331 e. The number of aryl methyl sites for hydroxylation is 1. The van der Waals surface area contributed by atoms with Gasteiger partial charge in [0, 0.05) is 55.3 Å². The van der Waals surface area contributed by atoms with Crippen LogP contribution >= 0.6 is 0 Å². The number of imidazole rings is 1. The fourth-order valence-corrected chi connectivity index (χ4v) is 6.07. The monoisotopic (exact) mass is 658 g/mol. The number of benzene rings is 1. The minimum atomic E-state index is -0.379. The van der Waals surface area contributed by atoms with E-state index in [2.05, 4.69) is 20.3 Å². The molecule has 1 aliphatic heterocycles. The van der Waals surface area contributed by atoms with Gasteiger partial charge in [0.15, 0.2) is 5.65 Å². The van der Waals surface area contributed by atoms with E-state index in [1.165, 1.54) is 11.9 Å². The first-order valence-electron chi connectivity index (χ1n) is 16.3. The number of nitrogens with zero attached hydrogens (tertiary/aromatic N) is 7. The van der Waals surface area contributed by atoms with Gasteiger partial charge >= 0.3 is 6.03 Å². The number of anilines is 2. The van der Waals surface area contributed by atoms with E-state index in [0.717, 1.165) is 34.6 Å². The number of fused-ring (bicyclic) bond motifs is 1. The van der Waals surface area contributed by atoms with E-state index < -0.39 is 0 Å². The molecule has 1 aromatic carbocycles. The van der Waals surface area contributed by atoms with Gasteiger partial charge in [-0.05, 0) is 55.4 Å². The number of urea groups is 1. The van der Waals surface area contributed by atoms with Crippen LogP contribution in [0.3, 0.4) is 0 Å². The largest absolute Gasteiger partial charge is 0.489 e. The molecule has 8 rings (SSSR count). The molecule has 2 aliphatic carbocycles. The maximum Gasteiger partial charge on any atom is 0.331 e. The molecule has 2 saturated carbocycles. The van der Waals surface area contributed by atoms with E-state index in [1.807, 2.05) is 66.2 Å². The lowest BCUT2D eigenvalue weighted by atomic mass is 10.1. The summed E-state index contributed by atoms with van der Waals surface area (Å²) in [6.45, 7) is 2.25. The zero-order chi connectivity index (χ0) is 33.6. The molecule has 4 amide bonds. The van der Waals surface area contributed by atoms with E-state index >= 15 is 0 Å². The molecule has 0 bridgehead atoms. The number of imide groups is 1. The molecule has 1 N–H and O–H groups in total.